The van der Waals surface area contributed by atoms with Gasteiger partial charge in [0.2, 0.25) is 0 Å². The molecule has 1 saturated carbocycles. The highest BCUT2D eigenvalue weighted by Crippen LogP contribution is 2.39. The van der Waals surface area contributed by atoms with Crippen LogP contribution in [0.25, 0.3) is 0 Å². The molecule has 0 bridgehead atoms. The predicted octanol–water partition coefficient (Wildman–Crippen LogP) is 5.77. The number of rotatable bonds is 14. The molecule has 1 aliphatic carbocycles. The summed E-state index contributed by atoms with van der Waals surface area (Å²) >= 11 is 0. The summed E-state index contributed by atoms with van der Waals surface area (Å²) in [4.78, 5) is 10.7. The number of para-hydroxylation sites is 1. The standard InChI is InChI=1S/C28H42O5/c1-4-5-19-28(2,3)26(30)18-17-22-23(15-11-6-7-12-16-27(31)32)25(20-24(22)29)33-21-13-9-8-10-14-21/h6,8-11,13-14,17-18,22-26,29-30H,4-5,7,12,15-16,19-20H2,1-3H3,(H,31,32)/b11-6-,18-17+/t22-,23-,24-,25-,26?/m1/s1. The maximum absolute atomic E-state index is 10.9. The second-order valence-corrected chi connectivity index (χ2v) is 9.93. The van der Waals surface area contributed by atoms with Gasteiger partial charge in [-0.3, -0.25) is 4.79 Å². The van der Waals surface area contributed by atoms with Crippen molar-refractivity contribution in [2.75, 3.05) is 0 Å². The van der Waals surface area contributed by atoms with Gasteiger partial charge in [-0.2, -0.15) is 0 Å². The normalized spacial score (nSPS) is 24.5. The molecule has 1 fully saturated rings. The minimum absolute atomic E-state index is 0.0677. The van der Waals surface area contributed by atoms with E-state index in [4.69, 9.17) is 9.84 Å². The Kier molecular flexibility index (Phi) is 11.2. The molecule has 1 aromatic rings. The number of hydrogen-bond acceptors (Lipinski definition) is 4. The number of aliphatic carboxylic acids is 1. The first kappa shape index (κ1) is 27.1. The molecule has 1 unspecified atom stereocenters. The van der Waals surface area contributed by atoms with E-state index >= 15 is 0 Å². The van der Waals surface area contributed by atoms with E-state index in [1.165, 1.54) is 0 Å². The quantitative estimate of drug-likeness (QED) is 0.243. The van der Waals surface area contributed by atoms with Gasteiger partial charge in [-0.25, -0.2) is 0 Å². The monoisotopic (exact) mass is 458 g/mol. The smallest absolute Gasteiger partial charge is 0.303 e. The second-order valence-electron chi connectivity index (χ2n) is 9.93. The molecule has 0 heterocycles. The van der Waals surface area contributed by atoms with Crippen molar-refractivity contribution >= 4 is 5.97 Å². The number of carbonyl (C=O) groups is 1. The van der Waals surface area contributed by atoms with Gasteiger partial charge in [-0.1, -0.05) is 76.1 Å². The third-order valence-corrected chi connectivity index (χ3v) is 6.75. The van der Waals surface area contributed by atoms with Crippen molar-refractivity contribution in [1.82, 2.24) is 0 Å². The zero-order chi connectivity index (χ0) is 24.3. The lowest BCUT2D eigenvalue weighted by molar-refractivity contribution is -0.137. The second kappa shape index (κ2) is 13.6. The third kappa shape index (κ3) is 8.98. The Labute approximate surface area is 199 Å². The summed E-state index contributed by atoms with van der Waals surface area (Å²) in [7, 11) is 0. The van der Waals surface area contributed by atoms with E-state index in [0.29, 0.717) is 12.8 Å². The van der Waals surface area contributed by atoms with Crippen molar-refractivity contribution < 1.29 is 24.9 Å². The summed E-state index contributed by atoms with van der Waals surface area (Å²) in [5, 5.41) is 30.5. The SMILES string of the molecule is CCCCC(C)(C)C(O)/C=C/[C@@H]1[C@@H](C/C=C\CCCC(=O)O)[C@H](Oc2ccccc2)C[C@H]1O. The van der Waals surface area contributed by atoms with Crippen LogP contribution in [-0.4, -0.2) is 39.6 Å². The molecule has 5 heteroatoms. The molecular weight excluding hydrogens is 416 g/mol. The van der Waals surface area contributed by atoms with Gasteiger partial charge in [0, 0.05) is 24.7 Å². The lowest BCUT2D eigenvalue weighted by Gasteiger charge is -2.29. The minimum atomic E-state index is -0.774. The highest BCUT2D eigenvalue weighted by Gasteiger charge is 2.42. The molecule has 184 valence electrons. The van der Waals surface area contributed by atoms with E-state index in [1.54, 1.807) is 0 Å². The van der Waals surface area contributed by atoms with Gasteiger partial charge in [-0.15, -0.1) is 0 Å². The summed E-state index contributed by atoms with van der Waals surface area (Å²) in [6, 6.07) is 9.66. The van der Waals surface area contributed by atoms with Crippen LogP contribution in [0.4, 0.5) is 0 Å². The summed E-state index contributed by atoms with van der Waals surface area (Å²) in [5.74, 6) is -0.0306. The Morgan fingerprint density at radius 2 is 1.94 bits per heavy atom. The maximum atomic E-state index is 10.9. The maximum Gasteiger partial charge on any atom is 0.303 e. The fraction of sp³-hybridized carbons (Fsp3) is 0.607. The van der Waals surface area contributed by atoms with Crippen LogP contribution in [0.1, 0.15) is 72.1 Å². The minimum Gasteiger partial charge on any atom is -0.490 e. The van der Waals surface area contributed by atoms with Gasteiger partial charge in [-0.05, 0) is 43.2 Å². The van der Waals surface area contributed by atoms with Crippen LogP contribution in [0, 0.1) is 17.3 Å². The van der Waals surface area contributed by atoms with Crippen molar-refractivity contribution in [3.05, 3.63) is 54.6 Å². The Morgan fingerprint density at radius 1 is 1.21 bits per heavy atom. The van der Waals surface area contributed by atoms with Crippen LogP contribution in [0.3, 0.4) is 0 Å². The number of aliphatic hydroxyl groups is 2. The highest BCUT2D eigenvalue weighted by atomic mass is 16.5. The van der Waals surface area contributed by atoms with Crippen LogP contribution < -0.4 is 4.74 Å². The van der Waals surface area contributed by atoms with Gasteiger partial charge < -0.3 is 20.1 Å². The zero-order valence-electron chi connectivity index (χ0n) is 20.4. The van der Waals surface area contributed by atoms with Crippen LogP contribution in [0.5, 0.6) is 5.75 Å². The molecule has 1 aliphatic rings. The number of hydrogen-bond donors (Lipinski definition) is 3. The Morgan fingerprint density at radius 3 is 2.61 bits per heavy atom. The Bertz CT molecular complexity index is 755. The van der Waals surface area contributed by atoms with Gasteiger partial charge >= 0.3 is 5.97 Å². The fourth-order valence-electron chi connectivity index (χ4n) is 4.51. The largest absolute Gasteiger partial charge is 0.490 e. The van der Waals surface area contributed by atoms with E-state index in [-0.39, 0.29) is 29.8 Å². The van der Waals surface area contributed by atoms with Crippen molar-refractivity contribution in [3.8, 4) is 5.75 Å². The molecule has 5 atom stereocenters. The number of carboxylic acids is 1. The number of allylic oxidation sites excluding steroid dienone is 2. The fourth-order valence-corrected chi connectivity index (χ4v) is 4.51. The van der Waals surface area contributed by atoms with E-state index < -0.39 is 18.2 Å². The van der Waals surface area contributed by atoms with Gasteiger partial charge in [0.15, 0.2) is 0 Å². The average molecular weight is 459 g/mol. The molecule has 0 aliphatic heterocycles. The molecule has 5 nitrogen and oxygen atoms in total. The average Bonchev–Trinajstić information content (AvgIpc) is 3.07. The first-order valence-corrected chi connectivity index (χ1v) is 12.4. The van der Waals surface area contributed by atoms with Crippen LogP contribution in [-0.2, 0) is 4.79 Å². The van der Waals surface area contributed by atoms with Gasteiger partial charge in [0.1, 0.15) is 11.9 Å². The summed E-state index contributed by atoms with van der Waals surface area (Å²) in [6.45, 7) is 6.32. The van der Waals surface area contributed by atoms with Crippen LogP contribution >= 0.6 is 0 Å². The first-order chi connectivity index (χ1) is 15.7. The number of ether oxygens (including phenoxy) is 1. The molecule has 0 radical (unpaired) electrons. The van der Waals surface area contributed by atoms with Crippen LogP contribution in [0.2, 0.25) is 0 Å². The highest BCUT2D eigenvalue weighted by molar-refractivity contribution is 5.66. The number of unbranched alkanes of at least 4 members (excludes halogenated alkanes) is 2. The van der Waals surface area contributed by atoms with E-state index in [9.17, 15) is 15.0 Å². The Hall–Kier alpha value is -2.11. The molecule has 0 amide bonds. The number of carboxylic acid groups (broad SMARTS) is 1. The third-order valence-electron chi connectivity index (χ3n) is 6.75. The molecular formula is C28H42O5. The topological polar surface area (TPSA) is 87.0 Å². The summed E-state index contributed by atoms with van der Waals surface area (Å²) < 4.78 is 6.26. The van der Waals surface area contributed by atoms with Gasteiger partial charge in [0.05, 0.1) is 12.2 Å². The van der Waals surface area contributed by atoms with Crippen molar-refractivity contribution in [3.63, 3.8) is 0 Å². The summed E-state index contributed by atoms with van der Waals surface area (Å²) in [6.07, 6.45) is 12.6. The van der Waals surface area contributed by atoms with Gasteiger partial charge in [0.25, 0.3) is 0 Å². The van der Waals surface area contributed by atoms with E-state index in [2.05, 4.69) is 26.8 Å². The molecule has 33 heavy (non-hydrogen) atoms. The van der Waals surface area contributed by atoms with Crippen molar-refractivity contribution in [2.24, 2.45) is 17.3 Å². The molecule has 2 rings (SSSR count). The van der Waals surface area contributed by atoms with E-state index in [0.717, 1.165) is 37.9 Å². The van der Waals surface area contributed by atoms with E-state index in [1.807, 2.05) is 48.6 Å². The van der Waals surface area contributed by atoms with Crippen molar-refractivity contribution in [1.29, 1.82) is 0 Å². The zero-order valence-corrected chi connectivity index (χ0v) is 20.4. The van der Waals surface area contributed by atoms with Crippen LogP contribution in [0.15, 0.2) is 54.6 Å². The molecule has 1 aromatic carbocycles. The van der Waals surface area contributed by atoms with Crippen molar-refractivity contribution in [2.45, 2.75) is 90.4 Å². The lowest BCUT2D eigenvalue weighted by Crippen LogP contribution is -2.28. The molecule has 3 N–H and O–H groups in total. The lowest BCUT2D eigenvalue weighted by atomic mass is 9.80. The first-order valence-electron chi connectivity index (χ1n) is 12.4. The molecule has 0 spiro atoms. The predicted molar refractivity (Wildman–Crippen MR) is 132 cm³/mol. The number of benzene rings is 1. The summed E-state index contributed by atoms with van der Waals surface area (Å²) in [5.41, 5.74) is -0.213. The number of aliphatic hydroxyl groups excluding tert-OH is 2. The Balaban J connectivity index is 2.10. The molecule has 0 saturated heterocycles. The molecule has 0 aromatic heterocycles.